The van der Waals surface area contributed by atoms with Crippen LogP contribution in [0.3, 0.4) is 0 Å². The minimum atomic E-state index is 0.290. The molecule has 4 nitrogen and oxygen atoms in total. The first-order valence-corrected chi connectivity index (χ1v) is 6.16. The van der Waals surface area contributed by atoms with Crippen molar-refractivity contribution in [3.63, 3.8) is 0 Å². The number of nitrogen functional groups attached to an aromatic ring is 1. The number of hydrogen-bond donors (Lipinski definition) is 1. The van der Waals surface area contributed by atoms with E-state index in [1.165, 1.54) is 0 Å². The first-order chi connectivity index (χ1) is 6.99. The Morgan fingerprint density at radius 2 is 1.80 bits per heavy atom. The van der Waals surface area contributed by atoms with Crippen molar-refractivity contribution in [3.05, 3.63) is 11.6 Å². The Morgan fingerprint density at radius 1 is 1.13 bits per heavy atom. The highest BCUT2D eigenvalue weighted by Crippen LogP contribution is 2.16. The number of hydrogen-bond acceptors (Lipinski definition) is 5. The number of aromatic nitrogens is 3. The van der Waals surface area contributed by atoms with E-state index in [0.717, 1.165) is 17.4 Å². The minimum Gasteiger partial charge on any atom is -0.368 e. The lowest BCUT2D eigenvalue weighted by atomic mass is 10.2. The quantitative estimate of drug-likeness (QED) is 0.852. The van der Waals surface area contributed by atoms with Crippen LogP contribution in [0.4, 0.5) is 5.95 Å². The second-order valence-corrected chi connectivity index (χ2v) is 5.55. The van der Waals surface area contributed by atoms with Crippen LogP contribution in [-0.2, 0) is 5.75 Å². The molecule has 2 N–H and O–H groups in total. The predicted molar refractivity (Wildman–Crippen MR) is 64.8 cm³/mol. The monoisotopic (exact) mass is 226 g/mol. The van der Waals surface area contributed by atoms with Crippen molar-refractivity contribution in [2.45, 2.75) is 44.6 Å². The molecule has 0 aliphatic heterocycles. The van der Waals surface area contributed by atoms with Gasteiger partial charge in [-0.2, -0.15) is 21.7 Å². The summed E-state index contributed by atoms with van der Waals surface area (Å²) in [7, 11) is 0. The van der Waals surface area contributed by atoms with E-state index in [-0.39, 0.29) is 5.92 Å². The van der Waals surface area contributed by atoms with E-state index in [2.05, 4.69) is 28.8 Å². The smallest absolute Gasteiger partial charge is 0.223 e. The molecule has 0 aliphatic carbocycles. The standard InChI is InChI=1S/C10H18N4S/c1-6(2)9-12-8(5-15-7(3)4)13-10(11)14-9/h6-7H,5H2,1-4H3,(H2,11,12,13,14). The molecule has 0 saturated carbocycles. The zero-order valence-electron chi connectivity index (χ0n) is 9.69. The highest BCUT2D eigenvalue weighted by atomic mass is 32.2. The van der Waals surface area contributed by atoms with E-state index in [1.807, 2.05) is 13.8 Å². The maximum Gasteiger partial charge on any atom is 0.223 e. The van der Waals surface area contributed by atoms with Gasteiger partial charge in [0, 0.05) is 5.92 Å². The molecule has 0 saturated heterocycles. The number of nitrogens with two attached hydrogens (primary N) is 1. The van der Waals surface area contributed by atoms with Crippen LogP contribution in [0.15, 0.2) is 0 Å². The largest absolute Gasteiger partial charge is 0.368 e. The lowest BCUT2D eigenvalue weighted by Crippen LogP contribution is -2.08. The molecule has 0 atom stereocenters. The Bertz CT molecular complexity index is 325. The summed E-state index contributed by atoms with van der Waals surface area (Å²) in [6.45, 7) is 8.40. The van der Waals surface area contributed by atoms with Crippen LogP contribution in [0.25, 0.3) is 0 Å². The molecule has 0 fully saturated rings. The Labute approximate surface area is 95.1 Å². The SMILES string of the molecule is CC(C)SCc1nc(N)nc(C(C)C)n1. The van der Waals surface area contributed by atoms with E-state index in [9.17, 15) is 0 Å². The van der Waals surface area contributed by atoms with Crippen LogP contribution in [0.5, 0.6) is 0 Å². The first-order valence-electron chi connectivity index (χ1n) is 5.11. The van der Waals surface area contributed by atoms with E-state index in [0.29, 0.717) is 11.2 Å². The van der Waals surface area contributed by atoms with Crippen LogP contribution < -0.4 is 5.73 Å². The molecule has 0 bridgehead atoms. The van der Waals surface area contributed by atoms with E-state index in [1.54, 1.807) is 11.8 Å². The summed E-state index contributed by atoms with van der Waals surface area (Å²) in [6, 6.07) is 0. The average molecular weight is 226 g/mol. The van der Waals surface area contributed by atoms with Crippen LogP contribution in [0, 0.1) is 0 Å². The number of rotatable bonds is 4. The minimum absolute atomic E-state index is 0.290. The van der Waals surface area contributed by atoms with Gasteiger partial charge in [-0.15, -0.1) is 0 Å². The molecule has 0 radical (unpaired) electrons. The van der Waals surface area contributed by atoms with Gasteiger partial charge < -0.3 is 5.73 Å². The Balaban J connectivity index is 2.79. The third-order valence-electron chi connectivity index (χ3n) is 1.78. The maximum absolute atomic E-state index is 5.63. The van der Waals surface area contributed by atoms with Crippen molar-refractivity contribution in [1.82, 2.24) is 15.0 Å². The summed E-state index contributed by atoms with van der Waals surface area (Å²) in [5.74, 6) is 2.97. The van der Waals surface area contributed by atoms with Gasteiger partial charge in [-0.05, 0) is 5.25 Å². The van der Waals surface area contributed by atoms with Crippen molar-refractivity contribution in [2.24, 2.45) is 0 Å². The van der Waals surface area contributed by atoms with E-state index in [4.69, 9.17) is 5.73 Å². The van der Waals surface area contributed by atoms with Gasteiger partial charge in [0.2, 0.25) is 5.95 Å². The van der Waals surface area contributed by atoms with Crippen molar-refractivity contribution >= 4 is 17.7 Å². The molecule has 1 aromatic rings. The molecule has 1 heterocycles. The van der Waals surface area contributed by atoms with E-state index < -0.39 is 0 Å². The van der Waals surface area contributed by atoms with Crippen LogP contribution >= 0.6 is 11.8 Å². The fourth-order valence-corrected chi connectivity index (χ4v) is 1.63. The summed E-state index contributed by atoms with van der Waals surface area (Å²) in [4.78, 5) is 12.6. The fraction of sp³-hybridized carbons (Fsp3) is 0.700. The van der Waals surface area contributed by atoms with Gasteiger partial charge in [0.25, 0.3) is 0 Å². The third-order valence-corrected chi connectivity index (χ3v) is 2.87. The Morgan fingerprint density at radius 3 is 2.33 bits per heavy atom. The van der Waals surface area contributed by atoms with Crippen LogP contribution in [-0.4, -0.2) is 20.2 Å². The van der Waals surface area contributed by atoms with E-state index >= 15 is 0 Å². The van der Waals surface area contributed by atoms with Crippen LogP contribution in [0.1, 0.15) is 45.3 Å². The lowest BCUT2D eigenvalue weighted by Gasteiger charge is -2.08. The van der Waals surface area contributed by atoms with Gasteiger partial charge in [0.05, 0.1) is 5.75 Å². The normalized spacial score (nSPS) is 11.3. The van der Waals surface area contributed by atoms with Crippen molar-refractivity contribution in [3.8, 4) is 0 Å². The second kappa shape index (κ2) is 5.30. The molecule has 0 amide bonds. The van der Waals surface area contributed by atoms with Gasteiger partial charge in [-0.3, -0.25) is 0 Å². The molecule has 1 aromatic heterocycles. The molecule has 0 spiro atoms. The zero-order chi connectivity index (χ0) is 11.4. The zero-order valence-corrected chi connectivity index (χ0v) is 10.5. The van der Waals surface area contributed by atoms with Crippen molar-refractivity contribution < 1.29 is 0 Å². The molecule has 15 heavy (non-hydrogen) atoms. The molecule has 5 heteroatoms. The van der Waals surface area contributed by atoms with Crippen LogP contribution in [0.2, 0.25) is 0 Å². The highest BCUT2D eigenvalue weighted by Gasteiger charge is 2.08. The molecular weight excluding hydrogens is 208 g/mol. The van der Waals surface area contributed by atoms with Crippen molar-refractivity contribution in [1.29, 1.82) is 0 Å². The summed E-state index contributed by atoms with van der Waals surface area (Å²) in [5, 5.41) is 0.575. The summed E-state index contributed by atoms with van der Waals surface area (Å²) >= 11 is 1.81. The Kier molecular flexibility index (Phi) is 4.32. The van der Waals surface area contributed by atoms with Gasteiger partial charge in [0.15, 0.2) is 0 Å². The number of anilines is 1. The van der Waals surface area contributed by atoms with Crippen molar-refractivity contribution in [2.75, 3.05) is 5.73 Å². The average Bonchev–Trinajstić information content (AvgIpc) is 2.13. The summed E-state index contributed by atoms with van der Waals surface area (Å²) < 4.78 is 0. The molecule has 0 aromatic carbocycles. The lowest BCUT2D eigenvalue weighted by molar-refractivity contribution is 0.749. The maximum atomic E-state index is 5.63. The first kappa shape index (κ1) is 12.2. The summed E-state index contributed by atoms with van der Waals surface area (Å²) in [5.41, 5.74) is 5.63. The molecule has 0 unspecified atom stereocenters. The van der Waals surface area contributed by atoms with Gasteiger partial charge >= 0.3 is 0 Å². The second-order valence-electron chi connectivity index (χ2n) is 3.98. The fourth-order valence-electron chi connectivity index (χ4n) is 1.02. The predicted octanol–water partition coefficient (Wildman–Crippen LogP) is 2.22. The highest BCUT2D eigenvalue weighted by molar-refractivity contribution is 7.99. The van der Waals surface area contributed by atoms with Gasteiger partial charge in [-0.25, -0.2) is 4.98 Å². The number of nitrogens with zero attached hydrogens (tertiary/aromatic N) is 3. The molecule has 84 valence electrons. The molecule has 0 aliphatic rings. The van der Waals surface area contributed by atoms with Gasteiger partial charge in [-0.1, -0.05) is 27.7 Å². The molecular formula is C10H18N4S. The van der Waals surface area contributed by atoms with Gasteiger partial charge in [0.1, 0.15) is 11.6 Å². The Hall–Kier alpha value is -0.840. The topological polar surface area (TPSA) is 64.7 Å². The number of thioether (sulfide) groups is 1. The molecule has 1 rings (SSSR count). The third kappa shape index (κ3) is 4.03. The summed E-state index contributed by atoms with van der Waals surface area (Å²) in [6.07, 6.45) is 0.